The summed E-state index contributed by atoms with van der Waals surface area (Å²) in [5.74, 6) is -0.244. The lowest BCUT2D eigenvalue weighted by molar-refractivity contribution is -0.120. The molecule has 19 heavy (non-hydrogen) atoms. The molecule has 0 aliphatic carbocycles. The zero-order valence-corrected chi connectivity index (χ0v) is 11.9. The van der Waals surface area contributed by atoms with Crippen molar-refractivity contribution < 1.29 is 13.2 Å². The summed E-state index contributed by atoms with van der Waals surface area (Å²) in [6.45, 7) is 0.137. The van der Waals surface area contributed by atoms with E-state index in [1.165, 1.54) is 12.3 Å². The number of pyridine rings is 1. The van der Waals surface area contributed by atoms with Gasteiger partial charge in [0, 0.05) is 12.7 Å². The third-order valence-electron chi connectivity index (χ3n) is 2.91. The molecule has 0 radical (unpaired) electrons. The van der Waals surface area contributed by atoms with Crippen molar-refractivity contribution in [3.05, 3.63) is 24.4 Å². The molecule has 1 atom stereocenters. The molecule has 1 aromatic rings. The van der Waals surface area contributed by atoms with E-state index in [1.807, 2.05) is 0 Å². The van der Waals surface area contributed by atoms with Crippen LogP contribution in [0.3, 0.4) is 0 Å². The molecule has 6 nitrogen and oxygen atoms in total. The molecular formula is C11H16ClN3O3S. The Labute approximate surface area is 118 Å². The van der Waals surface area contributed by atoms with E-state index in [2.05, 4.69) is 4.98 Å². The molecule has 1 fully saturated rings. The molecule has 2 N–H and O–H groups in total. The van der Waals surface area contributed by atoms with E-state index in [0.29, 0.717) is 19.4 Å². The lowest BCUT2D eigenvalue weighted by atomic mass is 10.1. The number of rotatable bonds is 2. The van der Waals surface area contributed by atoms with Crippen molar-refractivity contribution in [1.82, 2.24) is 9.29 Å². The minimum Gasteiger partial charge on any atom is -0.321 e. The largest absolute Gasteiger partial charge is 0.321 e. The first kappa shape index (κ1) is 16.0. The first-order valence-corrected chi connectivity index (χ1v) is 7.15. The molecule has 1 aliphatic heterocycles. The van der Waals surface area contributed by atoms with E-state index in [9.17, 15) is 13.2 Å². The molecule has 1 unspecified atom stereocenters. The molecule has 2 rings (SSSR count). The number of sulfonamides is 1. The Hall–Kier alpha value is -1.02. The number of carbonyl (C=O) groups is 1. The topological polar surface area (TPSA) is 93.4 Å². The van der Waals surface area contributed by atoms with Crippen LogP contribution in [0.2, 0.25) is 0 Å². The number of hydrogen-bond acceptors (Lipinski definition) is 5. The Morgan fingerprint density at radius 3 is 2.74 bits per heavy atom. The summed E-state index contributed by atoms with van der Waals surface area (Å²) in [7, 11) is -3.70. The maximum atomic E-state index is 12.3. The van der Waals surface area contributed by atoms with Crippen LogP contribution in [-0.2, 0) is 14.8 Å². The second-order valence-corrected chi connectivity index (χ2v) is 6.11. The van der Waals surface area contributed by atoms with Crippen molar-refractivity contribution in [3.8, 4) is 0 Å². The normalized spacial score (nSPS) is 21.5. The van der Waals surface area contributed by atoms with Crippen molar-refractivity contribution in [3.63, 3.8) is 0 Å². The smallest absolute Gasteiger partial charge is 0.260 e. The molecule has 0 aromatic carbocycles. The van der Waals surface area contributed by atoms with E-state index in [-0.39, 0.29) is 29.8 Å². The van der Waals surface area contributed by atoms with E-state index >= 15 is 0 Å². The third kappa shape index (κ3) is 3.50. The second-order valence-electron chi connectivity index (χ2n) is 4.22. The number of halogens is 1. The highest BCUT2D eigenvalue weighted by Crippen LogP contribution is 2.16. The summed E-state index contributed by atoms with van der Waals surface area (Å²) in [4.78, 5) is 15.5. The summed E-state index contributed by atoms with van der Waals surface area (Å²) < 4.78 is 25.7. The number of aromatic nitrogens is 1. The van der Waals surface area contributed by atoms with E-state index in [1.54, 1.807) is 12.1 Å². The van der Waals surface area contributed by atoms with Crippen LogP contribution in [0.5, 0.6) is 0 Å². The Kier molecular flexibility index (Phi) is 5.42. The van der Waals surface area contributed by atoms with E-state index in [4.69, 9.17) is 5.73 Å². The van der Waals surface area contributed by atoms with Gasteiger partial charge in [0.1, 0.15) is 0 Å². The van der Waals surface area contributed by atoms with Crippen LogP contribution < -0.4 is 5.73 Å². The maximum Gasteiger partial charge on any atom is 0.260 e. The lowest BCUT2D eigenvalue weighted by Gasteiger charge is -2.18. The Morgan fingerprint density at radius 1 is 1.37 bits per heavy atom. The highest BCUT2D eigenvalue weighted by molar-refractivity contribution is 7.89. The van der Waals surface area contributed by atoms with Gasteiger partial charge in [-0.05, 0) is 25.0 Å². The SMILES string of the molecule is Cl.NC1CCCN(S(=O)(=O)c2ccccn2)CC1=O. The zero-order valence-electron chi connectivity index (χ0n) is 10.2. The number of nitrogens with zero attached hydrogens (tertiary/aromatic N) is 2. The van der Waals surface area contributed by atoms with Crippen molar-refractivity contribution in [2.75, 3.05) is 13.1 Å². The van der Waals surface area contributed by atoms with Crippen LogP contribution in [0.1, 0.15) is 12.8 Å². The molecule has 2 heterocycles. The minimum atomic E-state index is -3.70. The standard InChI is InChI=1S/C11H15N3O3S.ClH/c12-9-4-3-7-14(8-10(9)15)18(16,17)11-5-1-2-6-13-11;/h1-2,5-6,9H,3-4,7-8,12H2;1H. The van der Waals surface area contributed by atoms with Crippen molar-refractivity contribution >= 4 is 28.2 Å². The zero-order chi connectivity index (χ0) is 13.2. The molecule has 0 amide bonds. The van der Waals surface area contributed by atoms with Crippen LogP contribution in [-0.4, -0.2) is 42.6 Å². The average molecular weight is 306 g/mol. The first-order valence-electron chi connectivity index (χ1n) is 5.71. The van der Waals surface area contributed by atoms with Crippen LogP contribution in [0.15, 0.2) is 29.4 Å². The van der Waals surface area contributed by atoms with Gasteiger partial charge in [-0.3, -0.25) is 4.79 Å². The van der Waals surface area contributed by atoms with Gasteiger partial charge in [0.25, 0.3) is 10.0 Å². The molecule has 106 valence electrons. The summed E-state index contributed by atoms with van der Waals surface area (Å²) in [6, 6.07) is 4.10. The Balaban J connectivity index is 0.00000180. The number of ketones is 1. The van der Waals surface area contributed by atoms with Gasteiger partial charge in [0.2, 0.25) is 0 Å². The van der Waals surface area contributed by atoms with Crippen molar-refractivity contribution in [2.45, 2.75) is 23.9 Å². The number of carbonyl (C=O) groups excluding carboxylic acids is 1. The van der Waals surface area contributed by atoms with Gasteiger partial charge in [-0.1, -0.05) is 6.07 Å². The van der Waals surface area contributed by atoms with Gasteiger partial charge >= 0.3 is 0 Å². The predicted molar refractivity (Wildman–Crippen MR) is 72.5 cm³/mol. The highest BCUT2D eigenvalue weighted by atomic mass is 35.5. The average Bonchev–Trinajstić information content (AvgIpc) is 2.54. The molecule has 0 saturated carbocycles. The maximum absolute atomic E-state index is 12.3. The monoisotopic (exact) mass is 305 g/mol. The van der Waals surface area contributed by atoms with E-state index < -0.39 is 16.1 Å². The van der Waals surface area contributed by atoms with Gasteiger partial charge in [-0.15, -0.1) is 12.4 Å². The molecule has 1 aromatic heterocycles. The molecule has 0 spiro atoms. The Bertz CT molecular complexity index is 535. The molecule has 8 heteroatoms. The van der Waals surface area contributed by atoms with Gasteiger partial charge in [-0.2, -0.15) is 4.31 Å². The summed E-state index contributed by atoms with van der Waals surface area (Å²) in [5, 5.41) is -0.0340. The fourth-order valence-electron chi connectivity index (χ4n) is 1.86. The lowest BCUT2D eigenvalue weighted by Crippen LogP contribution is -2.39. The molecular weight excluding hydrogens is 290 g/mol. The van der Waals surface area contributed by atoms with Gasteiger partial charge < -0.3 is 5.73 Å². The molecule has 0 bridgehead atoms. The number of Topliss-reactive ketones (excluding diaryl/α,β-unsaturated/α-hetero) is 1. The molecule has 1 saturated heterocycles. The summed E-state index contributed by atoms with van der Waals surface area (Å²) >= 11 is 0. The van der Waals surface area contributed by atoms with Crippen LogP contribution in [0.4, 0.5) is 0 Å². The van der Waals surface area contributed by atoms with Crippen LogP contribution >= 0.6 is 12.4 Å². The third-order valence-corrected chi connectivity index (χ3v) is 4.67. The second kappa shape index (κ2) is 6.42. The highest BCUT2D eigenvalue weighted by Gasteiger charge is 2.31. The van der Waals surface area contributed by atoms with Crippen LogP contribution in [0, 0.1) is 0 Å². The first-order chi connectivity index (χ1) is 8.51. The Morgan fingerprint density at radius 2 is 2.11 bits per heavy atom. The van der Waals surface area contributed by atoms with Gasteiger partial charge in [0.05, 0.1) is 12.6 Å². The fourth-order valence-corrected chi connectivity index (χ4v) is 3.23. The van der Waals surface area contributed by atoms with Crippen molar-refractivity contribution in [2.24, 2.45) is 5.73 Å². The van der Waals surface area contributed by atoms with Crippen molar-refractivity contribution in [1.29, 1.82) is 0 Å². The quantitative estimate of drug-likeness (QED) is 0.841. The minimum absolute atomic E-state index is 0. The molecule has 1 aliphatic rings. The van der Waals surface area contributed by atoms with Gasteiger partial charge in [-0.25, -0.2) is 13.4 Å². The summed E-state index contributed by atoms with van der Waals surface area (Å²) in [6.07, 6.45) is 2.52. The predicted octanol–water partition coefficient (Wildman–Crippen LogP) is 0.184. The van der Waals surface area contributed by atoms with Crippen LogP contribution in [0.25, 0.3) is 0 Å². The fraction of sp³-hybridized carbons (Fsp3) is 0.455. The van der Waals surface area contributed by atoms with E-state index in [0.717, 1.165) is 4.31 Å². The number of hydrogen-bond donors (Lipinski definition) is 1. The summed E-state index contributed by atoms with van der Waals surface area (Å²) in [5.41, 5.74) is 5.64. The van der Waals surface area contributed by atoms with Gasteiger partial charge in [0.15, 0.2) is 10.8 Å². The number of nitrogens with two attached hydrogens (primary N) is 1.